The normalized spacial score (nSPS) is 24.2. The maximum Gasteiger partial charge on any atom is 0.119 e. The van der Waals surface area contributed by atoms with Gasteiger partial charge in [-0.05, 0) is 35.2 Å². The second-order valence-electron chi connectivity index (χ2n) is 7.35. The molecule has 2 unspecified atom stereocenters. The van der Waals surface area contributed by atoms with E-state index in [1.165, 1.54) is 10.3 Å². The standard InChI is InChI=1S/C23H23ClFOS.Y/c24-23-21(15-26-19-11-10-16-5-1-2-6-17(16)13-19)18(14-22(23)25)7-3-8-20-9-4-12-27-20;/h1-2,4-6,9-11,13,18,21-23H,3,7-8,14-15H2;/q-1;/t18-,21+,22?,23?;/m0./s1. The van der Waals surface area contributed by atoms with Crippen LogP contribution in [0.3, 0.4) is 0 Å². The minimum atomic E-state index is -0.933. The first-order chi connectivity index (χ1) is 13.2. The van der Waals surface area contributed by atoms with Crippen LogP contribution in [-0.4, -0.2) is 18.2 Å². The van der Waals surface area contributed by atoms with E-state index in [9.17, 15) is 4.39 Å². The third kappa shape index (κ3) is 5.36. The van der Waals surface area contributed by atoms with Gasteiger partial charge in [-0.3, -0.25) is 0 Å². The number of hydrogen-bond donors (Lipinski definition) is 0. The molecule has 4 rings (SSSR count). The fraction of sp³-hybridized carbons (Fsp3) is 0.391. The van der Waals surface area contributed by atoms with Crippen molar-refractivity contribution in [1.29, 1.82) is 0 Å². The number of ether oxygens (including phenoxy) is 1. The van der Waals surface area contributed by atoms with Gasteiger partial charge in [-0.2, -0.15) is 6.07 Å². The van der Waals surface area contributed by atoms with Gasteiger partial charge in [0.2, 0.25) is 0 Å². The number of aryl methyl sites for hydroxylation is 1. The molecule has 1 fully saturated rings. The van der Waals surface area contributed by atoms with E-state index in [0.29, 0.717) is 13.0 Å². The zero-order valence-corrected chi connectivity index (χ0v) is 20.1. The van der Waals surface area contributed by atoms with Crippen LogP contribution < -0.4 is 4.74 Å². The largest absolute Gasteiger partial charge is 0.493 e. The minimum absolute atomic E-state index is 0. The van der Waals surface area contributed by atoms with Crippen LogP contribution in [0.15, 0.2) is 54.6 Å². The molecule has 0 N–H and O–H groups in total. The van der Waals surface area contributed by atoms with Gasteiger partial charge in [0.1, 0.15) is 11.9 Å². The number of benzene rings is 2. The predicted octanol–water partition coefficient (Wildman–Crippen LogP) is 6.68. The summed E-state index contributed by atoms with van der Waals surface area (Å²) < 4.78 is 20.3. The molecule has 1 radical (unpaired) electrons. The average molecular weight is 491 g/mol. The van der Waals surface area contributed by atoms with Crippen LogP contribution in [0.25, 0.3) is 10.8 Å². The molecular weight excluding hydrogens is 468 g/mol. The molecule has 0 aliphatic heterocycles. The fourth-order valence-electron chi connectivity index (χ4n) is 4.08. The first-order valence-corrected chi connectivity index (χ1v) is 10.8. The van der Waals surface area contributed by atoms with Gasteiger partial charge in [-0.15, -0.1) is 21.9 Å². The summed E-state index contributed by atoms with van der Waals surface area (Å²) in [4.78, 5) is 1.34. The first-order valence-electron chi connectivity index (χ1n) is 9.55. The molecule has 3 aromatic rings. The summed E-state index contributed by atoms with van der Waals surface area (Å²) in [5.74, 6) is 1.17. The maximum atomic E-state index is 14.3. The van der Waals surface area contributed by atoms with E-state index in [0.717, 1.165) is 30.4 Å². The Labute approximate surface area is 200 Å². The van der Waals surface area contributed by atoms with Crippen molar-refractivity contribution in [3.8, 4) is 5.75 Å². The average Bonchev–Trinajstić information content (AvgIpc) is 3.29. The Morgan fingerprint density at radius 3 is 2.75 bits per heavy atom. The third-order valence-corrected chi connectivity index (χ3v) is 7.03. The Bertz CT molecular complexity index is 872. The monoisotopic (exact) mass is 490 g/mol. The van der Waals surface area contributed by atoms with Gasteiger partial charge >= 0.3 is 0 Å². The second kappa shape index (κ2) is 10.5. The Morgan fingerprint density at radius 2 is 1.96 bits per heavy atom. The number of rotatable bonds is 7. The van der Waals surface area contributed by atoms with E-state index < -0.39 is 11.5 Å². The predicted molar refractivity (Wildman–Crippen MR) is 112 cm³/mol. The van der Waals surface area contributed by atoms with Gasteiger partial charge in [-0.1, -0.05) is 49.6 Å². The Morgan fingerprint density at radius 1 is 1.14 bits per heavy atom. The summed E-state index contributed by atoms with van der Waals surface area (Å²) in [5, 5.41) is 5.01. The number of thiophene rings is 1. The van der Waals surface area contributed by atoms with E-state index in [1.54, 1.807) is 11.3 Å². The molecule has 145 valence electrons. The number of hydrogen-bond acceptors (Lipinski definition) is 2. The van der Waals surface area contributed by atoms with Crippen molar-refractivity contribution in [1.82, 2.24) is 0 Å². The molecule has 0 bridgehead atoms. The van der Waals surface area contributed by atoms with Gasteiger partial charge < -0.3 is 16.1 Å². The first kappa shape index (κ1) is 22.2. The molecule has 1 aromatic heterocycles. The smallest absolute Gasteiger partial charge is 0.119 e. The summed E-state index contributed by atoms with van der Waals surface area (Å²) in [6.07, 6.45) is 2.70. The van der Waals surface area contributed by atoms with Crippen LogP contribution in [0.2, 0.25) is 0 Å². The Hall–Kier alpha value is -0.476. The van der Waals surface area contributed by atoms with Crippen molar-refractivity contribution in [3.63, 3.8) is 0 Å². The summed E-state index contributed by atoms with van der Waals surface area (Å²) in [7, 11) is 0. The number of alkyl halides is 2. The molecule has 28 heavy (non-hydrogen) atoms. The Balaban J connectivity index is 0.00000225. The topological polar surface area (TPSA) is 9.23 Å². The van der Waals surface area contributed by atoms with E-state index in [2.05, 4.69) is 29.6 Å². The van der Waals surface area contributed by atoms with E-state index in [-0.39, 0.29) is 44.5 Å². The molecule has 1 saturated carbocycles. The summed E-state index contributed by atoms with van der Waals surface area (Å²) in [6.45, 7) is 0.477. The molecule has 1 aliphatic carbocycles. The molecular formula is C23H23ClFOSY-. The van der Waals surface area contributed by atoms with Crippen molar-refractivity contribution in [2.75, 3.05) is 6.61 Å². The number of fused-ring (bicyclic) bond motifs is 1. The van der Waals surface area contributed by atoms with Crippen molar-refractivity contribution in [2.24, 2.45) is 11.8 Å². The SMILES string of the molecule is FC1C[C@H](CCCc2cc[c-]s2)[C@@H](COc2ccc3ccccc3c2)C1Cl.[Y]. The van der Waals surface area contributed by atoms with Crippen LogP contribution in [0.5, 0.6) is 5.75 Å². The van der Waals surface area contributed by atoms with Gasteiger partial charge in [0.05, 0.1) is 12.0 Å². The van der Waals surface area contributed by atoms with Gasteiger partial charge in [-0.25, -0.2) is 10.5 Å². The molecule has 0 amide bonds. The Kier molecular flexibility index (Phi) is 8.35. The molecule has 0 saturated heterocycles. The zero-order valence-electron chi connectivity index (χ0n) is 15.7. The molecule has 2 aromatic carbocycles. The summed E-state index contributed by atoms with van der Waals surface area (Å²) in [5.41, 5.74) is 0. The van der Waals surface area contributed by atoms with Crippen molar-refractivity contribution in [2.45, 2.75) is 37.2 Å². The van der Waals surface area contributed by atoms with Crippen LogP contribution >= 0.6 is 22.9 Å². The minimum Gasteiger partial charge on any atom is -0.493 e. The molecule has 1 nitrogen and oxygen atoms in total. The molecule has 0 spiro atoms. The van der Waals surface area contributed by atoms with Gasteiger partial charge in [0, 0.05) is 38.6 Å². The quantitative estimate of drug-likeness (QED) is 0.265. The molecule has 1 heterocycles. The van der Waals surface area contributed by atoms with Crippen LogP contribution in [-0.2, 0) is 39.1 Å². The second-order valence-corrected chi connectivity index (χ2v) is 8.82. The third-order valence-electron chi connectivity index (χ3n) is 5.58. The molecule has 1 aliphatic rings. The summed E-state index contributed by atoms with van der Waals surface area (Å²) in [6, 6.07) is 18.4. The maximum absolute atomic E-state index is 14.3. The van der Waals surface area contributed by atoms with Gasteiger partial charge in [0.15, 0.2) is 0 Å². The van der Waals surface area contributed by atoms with Crippen LogP contribution in [0, 0.1) is 17.2 Å². The van der Waals surface area contributed by atoms with E-state index >= 15 is 0 Å². The molecule has 5 heteroatoms. The fourth-order valence-corrected chi connectivity index (χ4v) is 5.13. The van der Waals surface area contributed by atoms with Crippen molar-refractivity contribution >= 4 is 33.7 Å². The summed E-state index contributed by atoms with van der Waals surface area (Å²) >= 11 is 8.07. The number of halogens is 2. The van der Waals surface area contributed by atoms with E-state index in [4.69, 9.17) is 16.3 Å². The van der Waals surface area contributed by atoms with E-state index in [1.807, 2.05) is 30.3 Å². The van der Waals surface area contributed by atoms with Crippen LogP contribution in [0.4, 0.5) is 4.39 Å². The zero-order chi connectivity index (χ0) is 18.6. The van der Waals surface area contributed by atoms with Gasteiger partial charge in [0.25, 0.3) is 0 Å². The van der Waals surface area contributed by atoms with Crippen LogP contribution in [0.1, 0.15) is 24.1 Å². The van der Waals surface area contributed by atoms with Crippen molar-refractivity contribution < 1.29 is 41.8 Å². The molecule has 4 atom stereocenters. The van der Waals surface area contributed by atoms with Crippen molar-refractivity contribution in [3.05, 3.63) is 64.9 Å².